The fourth-order valence-electron chi connectivity index (χ4n) is 3.90. The molecule has 1 heterocycles. The van der Waals surface area contributed by atoms with E-state index in [1.807, 2.05) is 26.0 Å². The van der Waals surface area contributed by atoms with Gasteiger partial charge in [0.15, 0.2) is 31.2 Å². The van der Waals surface area contributed by atoms with Gasteiger partial charge < -0.3 is 19.5 Å². The van der Waals surface area contributed by atoms with Gasteiger partial charge in [0.1, 0.15) is 5.75 Å². The topological polar surface area (TPSA) is 108 Å². The normalized spacial score (nSPS) is 20.0. The van der Waals surface area contributed by atoms with Gasteiger partial charge in [0.2, 0.25) is 0 Å². The van der Waals surface area contributed by atoms with E-state index >= 15 is 0 Å². The lowest BCUT2D eigenvalue weighted by molar-refractivity contribution is 0.242. The summed E-state index contributed by atoms with van der Waals surface area (Å²) in [7, 11) is -4.21. The molecule has 0 saturated carbocycles. The zero-order valence-electron chi connectivity index (χ0n) is 19.3. The Morgan fingerprint density at radius 2 is 1.67 bits per heavy atom. The lowest BCUT2D eigenvalue weighted by Crippen LogP contribution is -2.44. The molecule has 1 fully saturated rings. The van der Waals surface area contributed by atoms with E-state index in [2.05, 4.69) is 5.32 Å². The molecule has 1 saturated heterocycles. The summed E-state index contributed by atoms with van der Waals surface area (Å²) < 4.78 is 67.3. The zero-order valence-corrected chi connectivity index (χ0v) is 20.9. The highest BCUT2D eigenvalue weighted by molar-refractivity contribution is 7.96. The fourth-order valence-corrected chi connectivity index (χ4v) is 8.62. The first-order chi connectivity index (χ1) is 15.6. The molecule has 2 aromatic carbocycles. The molecule has 2 aromatic rings. The van der Waals surface area contributed by atoms with Crippen molar-refractivity contribution in [1.82, 2.24) is 5.32 Å². The van der Waals surface area contributed by atoms with Gasteiger partial charge >= 0.3 is 0 Å². The van der Waals surface area contributed by atoms with Gasteiger partial charge in [-0.15, -0.1) is 0 Å². The summed E-state index contributed by atoms with van der Waals surface area (Å²) in [6.07, 6.45) is 0.539. The summed E-state index contributed by atoms with van der Waals surface area (Å²) >= 11 is 0. The molecule has 10 heteroatoms. The molecule has 1 aliphatic heterocycles. The van der Waals surface area contributed by atoms with Gasteiger partial charge in [-0.2, -0.15) is 0 Å². The quantitative estimate of drug-likeness (QED) is 0.533. The molecule has 0 bridgehead atoms. The van der Waals surface area contributed by atoms with Crippen molar-refractivity contribution in [2.45, 2.75) is 42.6 Å². The standard InChI is InChI=1S/C23H31NO7S2/c1-16(2)31-18-6-8-19(9-7-18)33(27,28)23-15-32(25,26)14-20(23)24-12-11-17-5-10-21(29-3)22(13-17)30-4/h5-10,13,16,20,23-24H,11-12,14-15H2,1-4H3/t20-,23-/m0/s1. The van der Waals surface area contributed by atoms with Crippen LogP contribution in [0, 0.1) is 0 Å². The molecule has 33 heavy (non-hydrogen) atoms. The van der Waals surface area contributed by atoms with Crippen LogP contribution in [0.2, 0.25) is 0 Å². The van der Waals surface area contributed by atoms with Gasteiger partial charge in [-0.25, -0.2) is 16.8 Å². The van der Waals surface area contributed by atoms with Crippen molar-refractivity contribution in [2.75, 3.05) is 32.3 Å². The summed E-state index contributed by atoms with van der Waals surface area (Å²) in [5.41, 5.74) is 0.959. The Morgan fingerprint density at radius 3 is 2.27 bits per heavy atom. The van der Waals surface area contributed by atoms with Crippen molar-refractivity contribution in [3.63, 3.8) is 0 Å². The molecule has 0 spiro atoms. The Balaban J connectivity index is 1.72. The van der Waals surface area contributed by atoms with Crippen LogP contribution in [0.25, 0.3) is 0 Å². The second-order valence-corrected chi connectivity index (χ2v) is 12.6. The molecule has 0 aliphatic carbocycles. The van der Waals surface area contributed by atoms with E-state index in [1.165, 1.54) is 12.1 Å². The summed E-state index contributed by atoms with van der Waals surface area (Å²) in [5.74, 6) is 1.17. The Hall–Kier alpha value is -2.30. The average Bonchev–Trinajstić information content (AvgIpc) is 3.08. The number of hydrogen-bond acceptors (Lipinski definition) is 8. The summed E-state index contributed by atoms with van der Waals surface area (Å²) in [6.45, 7) is 4.18. The van der Waals surface area contributed by atoms with Crippen LogP contribution in [0.4, 0.5) is 0 Å². The maximum Gasteiger partial charge on any atom is 0.183 e. The van der Waals surface area contributed by atoms with Gasteiger partial charge in [0.05, 0.1) is 42.0 Å². The molecule has 8 nitrogen and oxygen atoms in total. The smallest absolute Gasteiger partial charge is 0.183 e. The number of ether oxygens (including phenoxy) is 3. The van der Waals surface area contributed by atoms with E-state index in [0.717, 1.165) is 5.56 Å². The van der Waals surface area contributed by atoms with Gasteiger partial charge in [-0.05, 0) is 68.8 Å². The summed E-state index contributed by atoms with van der Waals surface area (Å²) in [5, 5.41) is 2.11. The SMILES string of the molecule is COc1ccc(CCN[C@H]2CS(=O)(=O)C[C@@H]2S(=O)(=O)c2ccc(OC(C)C)cc2)cc1OC. The van der Waals surface area contributed by atoms with Crippen LogP contribution in [0.15, 0.2) is 47.4 Å². The van der Waals surface area contributed by atoms with Crippen LogP contribution in [-0.4, -0.2) is 66.5 Å². The molecule has 1 N–H and O–H groups in total. The van der Waals surface area contributed by atoms with E-state index in [0.29, 0.717) is 30.2 Å². The summed E-state index contributed by atoms with van der Waals surface area (Å²) in [6, 6.07) is 11.0. The molecule has 0 radical (unpaired) electrons. The van der Waals surface area contributed by atoms with Crippen LogP contribution in [0.3, 0.4) is 0 Å². The van der Waals surface area contributed by atoms with E-state index in [1.54, 1.807) is 32.4 Å². The zero-order chi connectivity index (χ0) is 24.2. The summed E-state index contributed by atoms with van der Waals surface area (Å²) in [4.78, 5) is 0.0902. The van der Waals surface area contributed by atoms with Gasteiger partial charge in [0, 0.05) is 6.04 Å². The number of benzene rings is 2. The van der Waals surface area contributed by atoms with Crippen LogP contribution in [0.5, 0.6) is 17.2 Å². The second-order valence-electron chi connectivity index (χ2n) is 8.30. The first-order valence-electron chi connectivity index (χ1n) is 10.7. The molecule has 0 unspecified atom stereocenters. The van der Waals surface area contributed by atoms with E-state index < -0.39 is 36.7 Å². The first kappa shape index (κ1) is 25.3. The molecule has 0 aromatic heterocycles. The Kier molecular flexibility index (Phi) is 7.92. The van der Waals surface area contributed by atoms with E-state index in [4.69, 9.17) is 14.2 Å². The van der Waals surface area contributed by atoms with Crippen molar-refractivity contribution in [1.29, 1.82) is 0 Å². The maximum absolute atomic E-state index is 13.3. The number of methoxy groups -OCH3 is 2. The fraction of sp³-hybridized carbons (Fsp3) is 0.478. The Labute approximate surface area is 196 Å². The number of sulfone groups is 2. The minimum Gasteiger partial charge on any atom is -0.493 e. The highest BCUT2D eigenvalue weighted by Gasteiger charge is 2.45. The predicted molar refractivity (Wildman–Crippen MR) is 127 cm³/mol. The number of rotatable bonds is 10. The van der Waals surface area contributed by atoms with Gasteiger partial charge in [-0.3, -0.25) is 0 Å². The van der Waals surface area contributed by atoms with Gasteiger partial charge in [0.25, 0.3) is 0 Å². The monoisotopic (exact) mass is 497 g/mol. The van der Waals surface area contributed by atoms with E-state index in [-0.39, 0.29) is 16.8 Å². The minimum atomic E-state index is -3.85. The van der Waals surface area contributed by atoms with Crippen molar-refractivity contribution in [3.8, 4) is 17.2 Å². The largest absolute Gasteiger partial charge is 0.493 e. The van der Waals surface area contributed by atoms with Crippen LogP contribution in [0.1, 0.15) is 19.4 Å². The minimum absolute atomic E-state index is 0.0355. The predicted octanol–water partition coefficient (Wildman–Crippen LogP) is 2.26. The molecular weight excluding hydrogens is 466 g/mol. The molecular formula is C23H31NO7S2. The number of nitrogens with one attached hydrogen (secondary N) is 1. The molecule has 182 valence electrons. The Morgan fingerprint density at radius 1 is 1.00 bits per heavy atom. The second kappa shape index (κ2) is 10.3. The number of hydrogen-bond donors (Lipinski definition) is 1. The highest BCUT2D eigenvalue weighted by atomic mass is 32.2. The average molecular weight is 498 g/mol. The first-order valence-corrected chi connectivity index (χ1v) is 14.1. The third kappa shape index (κ3) is 6.18. The third-order valence-corrected chi connectivity index (χ3v) is 9.66. The van der Waals surface area contributed by atoms with Crippen LogP contribution < -0.4 is 19.5 Å². The van der Waals surface area contributed by atoms with Crippen LogP contribution >= 0.6 is 0 Å². The van der Waals surface area contributed by atoms with Gasteiger partial charge in [-0.1, -0.05) is 6.07 Å². The Bertz CT molecular complexity index is 1160. The molecule has 2 atom stereocenters. The third-order valence-electron chi connectivity index (χ3n) is 5.49. The van der Waals surface area contributed by atoms with Crippen molar-refractivity contribution < 1.29 is 31.0 Å². The molecule has 1 aliphatic rings. The molecule has 3 rings (SSSR count). The van der Waals surface area contributed by atoms with Crippen molar-refractivity contribution >= 4 is 19.7 Å². The van der Waals surface area contributed by atoms with E-state index in [9.17, 15) is 16.8 Å². The highest BCUT2D eigenvalue weighted by Crippen LogP contribution is 2.29. The van der Waals surface area contributed by atoms with Crippen LogP contribution in [-0.2, 0) is 26.1 Å². The molecule has 0 amide bonds. The maximum atomic E-state index is 13.3. The lowest BCUT2D eigenvalue weighted by Gasteiger charge is -2.20. The van der Waals surface area contributed by atoms with Crippen molar-refractivity contribution in [3.05, 3.63) is 48.0 Å². The lowest BCUT2D eigenvalue weighted by atomic mass is 10.1. The van der Waals surface area contributed by atoms with Crippen molar-refractivity contribution in [2.24, 2.45) is 0 Å².